The van der Waals surface area contributed by atoms with Crippen molar-refractivity contribution in [2.75, 3.05) is 31.6 Å². The van der Waals surface area contributed by atoms with Crippen LogP contribution in [-0.4, -0.2) is 52.8 Å². The molecule has 0 radical (unpaired) electrons. The van der Waals surface area contributed by atoms with E-state index in [0.29, 0.717) is 41.7 Å². The van der Waals surface area contributed by atoms with Gasteiger partial charge in [0.05, 0.1) is 37.1 Å². The van der Waals surface area contributed by atoms with Gasteiger partial charge in [0.25, 0.3) is 5.91 Å². The minimum Gasteiger partial charge on any atom is -0.378 e. The Bertz CT molecular complexity index is 1170. The largest absolute Gasteiger partial charge is 0.434 e. The van der Waals surface area contributed by atoms with Crippen molar-refractivity contribution in [2.45, 2.75) is 12.6 Å². The third-order valence-electron chi connectivity index (χ3n) is 5.28. The summed E-state index contributed by atoms with van der Waals surface area (Å²) in [4.78, 5) is 26.8. The lowest BCUT2D eigenvalue weighted by atomic mass is 10.1. The molecule has 1 fully saturated rings. The normalized spacial score (nSPS) is 14.2. The summed E-state index contributed by atoms with van der Waals surface area (Å²) in [5, 5.41) is 6.60. The molecule has 178 valence electrons. The zero-order chi connectivity index (χ0) is 24.3. The van der Waals surface area contributed by atoms with Crippen LogP contribution < -0.4 is 5.32 Å². The predicted molar refractivity (Wildman–Crippen MR) is 119 cm³/mol. The number of aromatic nitrogens is 2. The highest BCUT2D eigenvalue weighted by atomic mass is 35.5. The van der Waals surface area contributed by atoms with Crippen molar-refractivity contribution in [1.82, 2.24) is 14.7 Å². The van der Waals surface area contributed by atoms with Crippen LogP contribution in [0.15, 0.2) is 54.7 Å². The number of hydrogen-bond acceptors (Lipinski definition) is 4. The second-order valence-electron chi connectivity index (χ2n) is 7.61. The standard InChI is InChI=1S/C23H20ClF3N4O3/c24-16-3-7-18(8-4-16)31-21(23(25,26)27)19(14-28-31)22(33)29-17-5-1-15(2-6-17)13-20(32)30-9-11-34-12-10-30/h1-8,14H,9-13H2,(H,29,33). The summed E-state index contributed by atoms with van der Waals surface area (Å²) in [6.07, 6.45) is -3.77. The Balaban J connectivity index is 1.49. The molecule has 1 saturated heterocycles. The third kappa shape index (κ3) is 5.40. The monoisotopic (exact) mass is 492 g/mol. The minimum atomic E-state index is -4.83. The van der Waals surface area contributed by atoms with Crippen LogP contribution in [0, 0.1) is 0 Å². The van der Waals surface area contributed by atoms with E-state index in [4.69, 9.17) is 16.3 Å². The van der Waals surface area contributed by atoms with Crippen molar-refractivity contribution < 1.29 is 27.5 Å². The van der Waals surface area contributed by atoms with Crippen molar-refractivity contribution in [3.8, 4) is 5.69 Å². The van der Waals surface area contributed by atoms with Crippen molar-refractivity contribution in [3.05, 3.63) is 76.6 Å². The molecule has 1 aromatic heterocycles. The molecule has 0 saturated carbocycles. The van der Waals surface area contributed by atoms with Gasteiger partial charge in [-0.25, -0.2) is 4.68 Å². The highest BCUT2D eigenvalue weighted by Crippen LogP contribution is 2.34. The summed E-state index contributed by atoms with van der Waals surface area (Å²) in [7, 11) is 0. The SMILES string of the molecule is O=C(Nc1ccc(CC(=O)N2CCOCC2)cc1)c1cnn(-c2ccc(Cl)cc2)c1C(F)(F)F. The molecular weight excluding hydrogens is 473 g/mol. The van der Waals surface area contributed by atoms with Gasteiger partial charge in [-0.1, -0.05) is 23.7 Å². The van der Waals surface area contributed by atoms with Crippen molar-refractivity contribution in [2.24, 2.45) is 0 Å². The molecule has 1 N–H and O–H groups in total. The second kappa shape index (κ2) is 9.86. The van der Waals surface area contributed by atoms with E-state index in [9.17, 15) is 22.8 Å². The molecule has 0 spiro atoms. The van der Waals surface area contributed by atoms with E-state index in [0.717, 1.165) is 11.8 Å². The second-order valence-corrected chi connectivity index (χ2v) is 8.05. The average molecular weight is 493 g/mol. The Morgan fingerprint density at radius 2 is 1.68 bits per heavy atom. The van der Waals surface area contributed by atoms with Gasteiger partial charge in [0.1, 0.15) is 0 Å². The molecule has 1 aliphatic rings. The van der Waals surface area contributed by atoms with Crippen LogP contribution in [0.25, 0.3) is 5.69 Å². The molecule has 1 aliphatic heterocycles. The molecule has 0 aliphatic carbocycles. The van der Waals surface area contributed by atoms with Crippen LogP contribution >= 0.6 is 11.6 Å². The first-order valence-corrected chi connectivity index (χ1v) is 10.8. The maximum Gasteiger partial charge on any atom is 0.434 e. The minimum absolute atomic E-state index is 0.0375. The average Bonchev–Trinajstić information content (AvgIpc) is 3.27. The highest BCUT2D eigenvalue weighted by molar-refractivity contribution is 6.30. The van der Waals surface area contributed by atoms with Gasteiger partial charge in [-0.05, 0) is 42.0 Å². The number of ether oxygens (including phenoxy) is 1. The first-order chi connectivity index (χ1) is 16.2. The zero-order valence-electron chi connectivity index (χ0n) is 17.8. The molecule has 0 unspecified atom stereocenters. The Morgan fingerprint density at radius 1 is 1.03 bits per heavy atom. The van der Waals surface area contributed by atoms with Gasteiger partial charge in [-0.15, -0.1) is 0 Å². The van der Waals surface area contributed by atoms with Crippen LogP contribution in [0.5, 0.6) is 0 Å². The van der Waals surface area contributed by atoms with E-state index in [1.807, 2.05) is 0 Å². The number of nitrogens with one attached hydrogen (secondary N) is 1. The Morgan fingerprint density at radius 3 is 2.29 bits per heavy atom. The molecule has 0 bridgehead atoms. The van der Waals surface area contributed by atoms with Gasteiger partial charge in [0, 0.05) is 23.8 Å². The lowest BCUT2D eigenvalue weighted by Crippen LogP contribution is -2.41. The lowest BCUT2D eigenvalue weighted by Gasteiger charge is -2.26. The molecule has 2 heterocycles. The molecule has 3 aromatic rings. The molecule has 0 atom stereocenters. The first-order valence-electron chi connectivity index (χ1n) is 10.4. The highest BCUT2D eigenvalue weighted by Gasteiger charge is 2.40. The van der Waals surface area contributed by atoms with Crippen molar-refractivity contribution in [3.63, 3.8) is 0 Å². The van der Waals surface area contributed by atoms with E-state index in [-0.39, 0.29) is 18.0 Å². The number of hydrogen-bond donors (Lipinski definition) is 1. The van der Waals surface area contributed by atoms with E-state index >= 15 is 0 Å². The van der Waals surface area contributed by atoms with E-state index in [1.54, 1.807) is 17.0 Å². The number of nitrogens with zero attached hydrogens (tertiary/aromatic N) is 3. The number of alkyl halides is 3. The first kappa shape index (κ1) is 23.8. The molecule has 7 nitrogen and oxygen atoms in total. The number of morpholine rings is 1. The molecule has 11 heteroatoms. The molecule has 2 amide bonds. The third-order valence-corrected chi connectivity index (χ3v) is 5.54. The summed E-state index contributed by atoms with van der Waals surface area (Å²) >= 11 is 5.81. The molecular formula is C23H20ClF3N4O3. The smallest absolute Gasteiger partial charge is 0.378 e. The van der Waals surface area contributed by atoms with Gasteiger partial charge in [0.15, 0.2) is 5.69 Å². The van der Waals surface area contributed by atoms with Crippen LogP contribution in [0.3, 0.4) is 0 Å². The van der Waals surface area contributed by atoms with Crippen LogP contribution in [0.2, 0.25) is 5.02 Å². The Kier molecular flexibility index (Phi) is 6.90. The topological polar surface area (TPSA) is 76.5 Å². The summed E-state index contributed by atoms with van der Waals surface area (Å²) < 4.78 is 47.4. The Labute approximate surface area is 198 Å². The van der Waals surface area contributed by atoms with Crippen LogP contribution in [-0.2, 0) is 22.1 Å². The maximum atomic E-state index is 13.8. The summed E-state index contributed by atoms with van der Waals surface area (Å²) in [5.74, 6) is -0.991. The van der Waals surface area contributed by atoms with Crippen LogP contribution in [0.1, 0.15) is 21.6 Å². The lowest BCUT2D eigenvalue weighted by molar-refractivity contribution is -0.143. The molecule has 2 aromatic carbocycles. The summed E-state index contributed by atoms with van der Waals surface area (Å²) in [6.45, 7) is 2.09. The fourth-order valence-corrected chi connectivity index (χ4v) is 3.69. The fourth-order valence-electron chi connectivity index (χ4n) is 3.57. The van der Waals surface area contributed by atoms with Gasteiger partial charge < -0.3 is 15.0 Å². The summed E-state index contributed by atoms with van der Waals surface area (Å²) in [6, 6.07) is 12.0. The van der Waals surface area contributed by atoms with Crippen LogP contribution in [0.4, 0.5) is 18.9 Å². The van der Waals surface area contributed by atoms with Crippen molar-refractivity contribution >= 4 is 29.1 Å². The number of carbonyl (C=O) groups excluding carboxylic acids is 2. The number of halogens is 4. The number of carbonyl (C=O) groups is 2. The van der Waals surface area contributed by atoms with E-state index in [2.05, 4.69) is 10.4 Å². The fraction of sp³-hybridized carbons (Fsp3) is 0.261. The van der Waals surface area contributed by atoms with Gasteiger partial charge in [0.2, 0.25) is 5.91 Å². The maximum absolute atomic E-state index is 13.8. The molecule has 34 heavy (non-hydrogen) atoms. The zero-order valence-corrected chi connectivity index (χ0v) is 18.6. The molecule has 4 rings (SSSR count). The summed E-state index contributed by atoms with van der Waals surface area (Å²) in [5.41, 5.74) is -0.680. The van der Waals surface area contributed by atoms with Gasteiger partial charge in [-0.3, -0.25) is 9.59 Å². The Hall–Kier alpha value is -3.37. The van der Waals surface area contributed by atoms with Crippen molar-refractivity contribution in [1.29, 1.82) is 0 Å². The van der Waals surface area contributed by atoms with Gasteiger partial charge in [-0.2, -0.15) is 18.3 Å². The number of rotatable bonds is 5. The van der Waals surface area contributed by atoms with Gasteiger partial charge >= 0.3 is 6.18 Å². The predicted octanol–water partition coefficient (Wildman–Crippen LogP) is 4.20. The number of amides is 2. The quantitative estimate of drug-likeness (QED) is 0.579. The van der Waals surface area contributed by atoms with E-state index in [1.165, 1.54) is 36.4 Å². The number of benzene rings is 2. The van der Waals surface area contributed by atoms with E-state index < -0.39 is 23.3 Å². The number of anilines is 1.